The first-order valence-electron chi connectivity index (χ1n) is 6.03. The second kappa shape index (κ2) is 6.65. The first-order chi connectivity index (χ1) is 9.25. The van der Waals surface area contributed by atoms with Crippen LogP contribution in [-0.2, 0) is 4.79 Å². The van der Waals surface area contributed by atoms with Crippen LogP contribution in [0.4, 0.5) is 11.5 Å². The van der Waals surface area contributed by atoms with E-state index in [0.29, 0.717) is 15.9 Å². The molecule has 110 valence electrons. The third kappa shape index (κ3) is 3.66. The number of rotatable bonds is 6. The lowest BCUT2D eigenvalue weighted by Crippen LogP contribution is -2.34. The number of hydrogen-bond donors (Lipinski definition) is 1. The highest BCUT2D eigenvalue weighted by atomic mass is 79.9. The quantitative estimate of drug-likeness (QED) is 0.628. The van der Waals surface area contributed by atoms with Crippen LogP contribution < -0.4 is 4.90 Å². The Morgan fingerprint density at radius 1 is 1.60 bits per heavy atom. The van der Waals surface area contributed by atoms with E-state index in [1.165, 1.54) is 6.20 Å². The number of halogens is 1. The number of anilines is 1. The minimum Gasteiger partial charge on any atom is -0.481 e. The van der Waals surface area contributed by atoms with Crippen LogP contribution in [0.15, 0.2) is 10.7 Å². The molecule has 0 aliphatic rings. The van der Waals surface area contributed by atoms with Gasteiger partial charge in [0.25, 0.3) is 5.69 Å². The van der Waals surface area contributed by atoms with Gasteiger partial charge in [0.05, 0.1) is 15.8 Å². The van der Waals surface area contributed by atoms with Crippen LogP contribution >= 0.6 is 15.9 Å². The summed E-state index contributed by atoms with van der Waals surface area (Å²) in [7, 11) is 0. The molecular weight excluding hydrogens is 330 g/mol. The summed E-state index contributed by atoms with van der Waals surface area (Å²) < 4.78 is 0.519. The number of carbonyl (C=O) groups is 1. The van der Waals surface area contributed by atoms with E-state index in [9.17, 15) is 14.9 Å². The maximum Gasteiger partial charge on any atom is 0.305 e. The summed E-state index contributed by atoms with van der Waals surface area (Å²) in [6.45, 7) is 5.73. The fourth-order valence-corrected chi connectivity index (χ4v) is 2.30. The van der Waals surface area contributed by atoms with Crippen LogP contribution in [0.1, 0.15) is 25.8 Å². The van der Waals surface area contributed by atoms with Crippen molar-refractivity contribution in [3.05, 3.63) is 26.3 Å². The molecule has 0 bridgehead atoms. The zero-order chi connectivity index (χ0) is 15.4. The summed E-state index contributed by atoms with van der Waals surface area (Å²) in [6.07, 6.45) is 1.17. The molecule has 0 saturated carbocycles. The highest BCUT2D eigenvalue weighted by Crippen LogP contribution is 2.33. The second-order valence-electron chi connectivity index (χ2n) is 4.59. The average Bonchev–Trinajstić information content (AvgIpc) is 2.33. The van der Waals surface area contributed by atoms with Gasteiger partial charge in [-0.3, -0.25) is 14.9 Å². The molecule has 1 heterocycles. The average molecular weight is 346 g/mol. The van der Waals surface area contributed by atoms with E-state index in [4.69, 9.17) is 5.11 Å². The predicted molar refractivity (Wildman–Crippen MR) is 78.1 cm³/mol. The minimum absolute atomic E-state index is 0.0255. The lowest BCUT2D eigenvalue weighted by atomic mass is 10.2. The summed E-state index contributed by atoms with van der Waals surface area (Å²) in [6, 6.07) is 0.0269. The molecule has 0 spiro atoms. The van der Waals surface area contributed by atoms with Gasteiger partial charge in [0.1, 0.15) is 12.0 Å². The molecule has 20 heavy (non-hydrogen) atoms. The van der Waals surface area contributed by atoms with Crippen molar-refractivity contribution >= 4 is 33.4 Å². The maximum atomic E-state index is 10.9. The Morgan fingerprint density at radius 2 is 2.20 bits per heavy atom. The molecule has 0 aliphatic carbocycles. The minimum atomic E-state index is -0.898. The van der Waals surface area contributed by atoms with Crippen molar-refractivity contribution in [3.63, 3.8) is 0 Å². The Labute approximate surface area is 124 Å². The van der Waals surface area contributed by atoms with Gasteiger partial charge in [-0.1, -0.05) is 0 Å². The second-order valence-corrected chi connectivity index (χ2v) is 5.39. The molecule has 0 fully saturated rings. The highest BCUT2D eigenvalue weighted by molar-refractivity contribution is 9.10. The fourth-order valence-electron chi connectivity index (χ4n) is 1.77. The normalized spacial score (nSPS) is 10.7. The van der Waals surface area contributed by atoms with Gasteiger partial charge in [-0.25, -0.2) is 4.98 Å². The smallest absolute Gasteiger partial charge is 0.305 e. The molecule has 8 heteroatoms. The molecule has 1 aromatic rings. The maximum absolute atomic E-state index is 10.9. The van der Waals surface area contributed by atoms with Crippen LogP contribution in [0.2, 0.25) is 0 Å². The topological polar surface area (TPSA) is 96.6 Å². The van der Waals surface area contributed by atoms with Gasteiger partial charge in [0.15, 0.2) is 0 Å². The van der Waals surface area contributed by atoms with Gasteiger partial charge in [-0.15, -0.1) is 0 Å². The molecule has 7 nitrogen and oxygen atoms in total. The summed E-state index contributed by atoms with van der Waals surface area (Å²) in [4.78, 5) is 27.0. The number of hydrogen-bond acceptors (Lipinski definition) is 5. The molecule has 1 aromatic heterocycles. The van der Waals surface area contributed by atoms with E-state index < -0.39 is 10.9 Å². The Hall–Kier alpha value is -1.70. The van der Waals surface area contributed by atoms with E-state index in [2.05, 4.69) is 20.9 Å². The third-order valence-corrected chi connectivity index (χ3v) is 3.83. The Kier molecular flexibility index (Phi) is 5.43. The van der Waals surface area contributed by atoms with Crippen molar-refractivity contribution in [2.24, 2.45) is 0 Å². The van der Waals surface area contributed by atoms with Crippen LogP contribution in [-0.4, -0.2) is 33.6 Å². The predicted octanol–water partition coefficient (Wildman–Crippen LogP) is 2.75. The Balaban J connectivity index is 3.18. The van der Waals surface area contributed by atoms with Crippen molar-refractivity contribution in [1.29, 1.82) is 0 Å². The molecule has 0 amide bonds. The van der Waals surface area contributed by atoms with Crippen LogP contribution in [0.5, 0.6) is 0 Å². The Morgan fingerprint density at radius 3 is 2.65 bits per heavy atom. The molecule has 0 aliphatic heterocycles. The molecule has 0 atom stereocenters. The highest BCUT2D eigenvalue weighted by Gasteiger charge is 2.22. The first-order valence-corrected chi connectivity index (χ1v) is 6.83. The number of pyridine rings is 1. The van der Waals surface area contributed by atoms with Crippen molar-refractivity contribution < 1.29 is 14.8 Å². The van der Waals surface area contributed by atoms with Crippen molar-refractivity contribution in [2.75, 3.05) is 11.4 Å². The zero-order valence-electron chi connectivity index (χ0n) is 11.5. The van der Waals surface area contributed by atoms with Crippen LogP contribution in [0.3, 0.4) is 0 Å². The SMILES string of the molecule is Cc1c([N+](=O)[O-])cnc(N(CCC(=O)O)C(C)C)c1Br. The third-order valence-electron chi connectivity index (χ3n) is 2.88. The van der Waals surface area contributed by atoms with E-state index in [0.717, 1.165) is 0 Å². The summed E-state index contributed by atoms with van der Waals surface area (Å²) in [5, 5.41) is 19.6. The van der Waals surface area contributed by atoms with E-state index in [1.54, 1.807) is 11.8 Å². The molecule has 0 radical (unpaired) electrons. The number of carboxylic acid groups (broad SMARTS) is 1. The number of nitrogens with zero attached hydrogens (tertiary/aromatic N) is 3. The van der Waals surface area contributed by atoms with Gasteiger partial charge in [-0.05, 0) is 36.7 Å². The summed E-state index contributed by atoms with van der Waals surface area (Å²) >= 11 is 3.32. The monoisotopic (exact) mass is 345 g/mol. The van der Waals surface area contributed by atoms with Crippen molar-refractivity contribution in [3.8, 4) is 0 Å². The van der Waals surface area contributed by atoms with Crippen molar-refractivity contribution in [2.45, 2.75) is 33.2 Å². The number of aromatic nitrogens is 1. The van der Waals surface area contributed by atoms with E-state index in [-0.39, 0.29) is 24.7 Å². The van der Waals surface area contributed by atoms with Crippen LogP contribution in [0, 0.1) is 17.0 Å². The lowest BCUT2D eigenvalue weighted by molar-refractivity contribution is -0.385. The molecule has 0 unspecified atom stereocenters. The standard InChI is InChI=1S/C12H16BrN3O4/c1-7(2)15(5-4-10(17)18)12-11(13)8(3)9(6-14-12)16(19)20/h6-7H,4-5H2,1-3H3,(H,17,18). The zero-order valence-corrected chi connectivity index (χ0v) is 13.0. The molecule has 1 rings (SSSR count). The van der Waals surface area contributed by atoms with Crippen molar-refractivity contribution in [1.82, 2.24) is 4.98 Å². The first kappa shape index (κ1) is 16.4. The van der Waals surface area contributed by atoms with Gasteiger partial charge in [0.2, 0.25) is 0 Å². The summed E-state index contributed by atoms with van der Waals surface area (Å²) in [5.74, 6) is -0.380. The van der Waals surface area contributed by atoms with Crippen LogP contribution in [0.25, 0.3) is 0 Å². The molecule has 0 saturated heterocycles. The number of aliphatic carboxylic acids is 1. The van der Waals surface area contributed by atoms with E-state index >= 15 is 0 Å². The largest absolute Gasteiger partial charge is 0.481 e. The van der Waals surface area contributed by atoms with Gasteiger partial charge in [-0.2, -0.15) is 0 Å². The van der Waals surface area contributed by atoms with Gasteiger partial charge >= 0.3 is 5.97 Å². The van der Waals surface area contributed by atoms with Gasteiger partial charge in [0, 0.05) is 18.2 Å². The molecule has 0 aromatic carbocycles. The Bertz CT molecular complexity index is 534. The number of carboxylic acids is 1. The fraction of sp³-hybridized carbons (Fsp3) is 0.500. The lowest BCUT2D eigenvalue weighted by Gasteiger charge is -2.28. The van der Waals surface area contributed by atoms with Gasteiger partial charge < -0.3 is 10.0 Å². The number of nitro groups is 1. The summed E-state index contributed by atoms with van der Waals surface area (Å²) in [5.41, 5.74) is 0.406. The molecular formula is C12H16BrN3O4. The van der Waals surface area contributed by atoms with E-state index in [1.807, 2.05) is 13.8 Å². The molecule has 1 N–H and O–H groups in total.